The molecule has 0 aliphatic carbocycles. The van der Waals surface area contributed by atoms with Gasteiger partial charge in [0.15, 0.2) is 0 Å². The summed E-state index contributed by atoms with van der Waals surface area (Å²) in [7, 11) is 0. The topological polar surface area (TPSA) is 17.1 Å². The van der Waals surface area contributed by atoms with Crippen LogP contribution in [-0.2, 0) is 13.3 Å². The van der Waals surface area contributed by atoms with Crippen molar-refractivity contribution in [2.75, 3.05) is 0 Å². The second kappa shape index (κ2) is 5.93. The van der Waals surface area contributed by atoms with Gasteiger partial charge in [-0.2, -0.15) is 0 Å². The molecule has 0 unspecified atom stereocenters. The van der Waals surface area contributed by atoms with Crippen LogP contribution >= 0.6 is 11.6 Å². The van der Waals surface area contributed by atoms with E-state index >= 15 is 0 Å². The van der Waals surface area contributed by atoms with Crippen molar-refractivity contribution in [3.8, 4) is 11.1 Å². The molecule has 2 aromatic carbocycles. The predicted octanol–water partition coefficient (Wildman–Crippen LogP) is 4.67. The Labute approximate surface area is 114 Å². The van der Waals surface area contributed by atoms with Gasteiger partial charge in [-0.15, -0.1) is 0 Å². The smallest absolute Gasteiger partial charge is 0.253 e. The van der Waals surface area contributed by atoms with Crippen LogP contribution in [-0.4, -0.2) is 5.24 Å². The minimum Gasteiger partial charge on any atom is -0.276 e. The van der Waals surface area contributed by atoms with Crippen molar-refractivity contribution >= 4 is 16.8 Å². The van der Waals surface area contributed by atoms with Crippen molar-refractivity contribution in [2.45, 2.75) is 13.3 Å². The fraction of sp³-hybridized carbons (Fsp3) is 0.133. The SMILES string of the molecule is O=C(Cl)c1ccccc1-c1cc(CF)cc(CF)c1. The zero-order valence-corrected chi connectivity index (χ0v) is 10.8. The quantitative estimate of drug-likeness (QED) is 0.744. The molecular formula is C15H11ClF2O. The van der Waals surface area contributed by atoms with E-state index in [-0.39, 0.29) is 0 Å². The molecule has 2 rings (SSSR count). The highest BCUT2D eigenvalue weighted by atomic mass is 35.5. The lowest BCUT2D eigenvalue weighted by atomic mass is 9.97. The van der Waals surface area contributed by atoms with Crippen LogP contribution in [0.2, 0.25) is 0 Å². The van der Waals surface area contributed by atoms with Gasteiger partial charge in [0.05, 0.1) is 0 Å². The zero-order chi connectivity index (χ0) is 13.8. The lowest BCUT2D eigenvalue weighted by Crippen LogP contribution is -1.95. The Morgan fingerprint density at radius 1 is 1.00 bits per heavy atom. The summed E-state index contributed by atoms with van der Waals surface area (Å²) in [5.74, 6) is 0. The van der Waals surface area contributed by atoms with Gasteiger partial charge in [0.25, 0.3) is 5.24 Å². The van der Waals surface area contributed by atoms with Gasteiger partial charge in [-0.1, -0.05) is 24.3 Å². The summed E-state index contributed by atoms with van der Waals surface area (Å²) in [6.07, 6.45) is 0. The van der Waals surface area contributed by atoms with Crippen LogP contribution in [0, 0.1) is 0 Å². The maximum Gasteiger partial charge on any atom is 0.253 e. The van der Waals surface area contributed by atoms with E-state index in [1.807, 2.05) is 0 Å². The molecule has 0 heterocycles. The second-order valence-electron chi connectivity index (χ2n) is 4.12. The monoisotopic (exact) mass is 280 g/mol. The first-order chi connectivity index (χ1) is 9.15. The van der Waals surface area contributed by atoms with Gasteiger partial charge in [0.1, 0.15) is 13.3 Å². The molecule has 0 aliphatic rings. The molecule has 0 saturated heterocycles. The van der Waals surface area contributed by atoms with Crippen molar-refractivity contribution in [1.29, 1.82) is 0 Å². The Morgan fingerprint density at radius 2 is 1.58 bits per heavy atom. The third kappa shape index (κ3) is 2.99. The average Bonchev–Trinajstić information content (AvgIpc) is 2.46. The molecular weight excluding hydrogens is 270 g/mol. The van der Waals surface area contributed by atoms with E-state index in [9.17, 15) is 13.6 Å². The van der Waals surface area contributed by atoms with Crippen LogP contribution in [0.4, 0.5) is 8.78 Å². The number of carbonyl (C=O) groups is 1. The molecule has 0 atom stereocenters. The second-order valence-corrected chi connectivity index (χ2v) is 4.47. The number of carbonyl (C=O) groups excluding carboxylic acids is 1. The van der Waals surface area contributed by atoms with Crippen LogP contribution in [0.15, 0.2) is 42.5 Å². The fourth-order valence-corrected chi connectivity index (χ4v) is 2.14. The summed E-state index contributed by atoms with van der Waals surface area (Å²) in [4.78, 5) is 11.4. The van der Waals surface area contributed by atoms with E-state index in [2.05, 4.69) is 0 Å². The van der Waals surface area contributed by atoms with Crippen molar-refractivity contribution in [3.63, 3.8) is 0 Å². The van der Waals surface area contributed by atoms with Crippen LogP contribution in [0.5, 0.6) is 0 Å². The molecule has 4 heteroatoms. The van der Waals surface area contributed by atoms with E-state index in [0.717, 1.165) is 0 Å². The average molecular weight is 281 g/mol. The highest BCUT2D eigenvalue weighted by Crippen LogP contribution is 2.27. The Bertz CT molecular complexity index is 589. The summed E-state index contributed by atoms with van der Waals surface area (Å²) < 4.78 is 25.6. The largest absolute Gasteiger partial charge is 0.276 e. The van der Waals surface area contributed by atoms with Crippen molar-refractivity contribution in [2.24, 2.45) is 0 Å². The molecule has 0 bridgehead atoms. The van der Waals surface area contributed by atoms with E-state index in [4.69, 9.17) is 11.6 Å². The first-order valence-corrected chi connectivity index (χ1v) is 6.07. The van der Waals surface area contributed by atoms with Gasteiger partial charge in [-0.3, -0.25) is 4.79 Å². The van der Waals surface area contributed by atoms with E-state index in [0.29, 0.717) is 27.8 Å². The van der Waals surface area contributed by atoms with Gasteiger partial charge >= 0.3 is 0 Å². The molecule has 0 amide bonds. The standard InChI is InChI=1S/C15H11ClF2O/c16-15(19)14-4-2-1-3-13(14)12-6-10(8-17)5-11(7-12)9-18/h1-7H,8-9H2. The lowest BCUT2D eigenvalue weighted by molar-refractivity contribution is 0.108. The minimum atomic E-state index is -0.683. The van der Waals surface area contributed by atoms with Crippen molar-refractivity contribution < 1.29 is 13.6 Å². The fourth-order valence-electron chi connectivity index (χ4n) is 1.98. The minimum absolute atomic E-state index is 0.324. The maximum absolute atomic E-state index is 12.8. The Hall–Kier alpha value is -1.74. The van der Waals surface area contributed by atoms with Gasteiger partial charge in [0.2, 0.25) is 0 Å². The number of halogens is 3. The summed E-state index contributed by atoms with van der Waals surface area (Å²) in [5, 5.41) is -0.594. The third-order valence-corrected chi connectivity index (χ3v) is 3.01. The summed E-state index contributed by atoms with van der Waals surface area (Å²) in [6, 6.07) is 11.4. The normalized spacial score (nSPS) is 10.5. The lowest BCUT2D eigenvalue weighted by Gasteiger charge is -2.09. The van der Waals surface area contributed by atoms with Gasteiger partial charge < -0.3 is 0 Å². The third-order valence-electron chi connectivity index (χ3n) is 2.81. The highest BCUT2D eigenvalue weighted by Gasteiger charge is 2.11. The molecule has 0 saturated carbocycles. The number of hydrogen-bond donors (Lipinski definition) is 0. The molecule has 0 fully saturated rings. The molecule has 0 spiro atoms. The number of hydrogen-bond acceptors (Lipinski definition) is 1. The number of benzene rings is 2. The molecule has 1 nitrogen and oxygen atoms in total. The maximum atomic E-state index is 12.8. The molecule has 0 N–H and O–H groups in total. The van der Waals surface area contributed by atoms with Gasteiger partial charge in [0, 0.05) is 5.56 Å². The Morgan fingerprint density at radius 3 is 2.11 bits per heavy atom. The molecule has 19 heavy (non-hydrogen) atoms. The van der Waals surface area contributed by atoms with Crippen molar-refractivity contribution in [3.05, 3.63) is 59.2 Å². The van der Waals surface area contributed by atoms with Crippen LogP contribution < -0.4 is 0 Å². The van der Waals surface area contributed by atoms with Crippen LogP contribution in [0.25, 0.3) is 11.1 Å². The van der Waals surface area contributed by atoms with Gasteiger partial charge in [-0.05, 0) is 52.1 Å². The molecule has 0 radical (unpaired) electrons. The Balaban J connectivity index is 2.61. The summed E-state index contributed by atoms with van der Waals surface area (Å²) >= 11 is 5.52. The molecule has 0 aromatic heterocycles. The predicted molar refractivity (Wildman–Crippen MR) is 71.7 cm³/mol. The first kappa shape index (κ1) is 13.7. The molecule has 2 aromatic rings. The van der Waals surface area contributed by atoms with E-state index < -0.39 is 18.6 Å². The highest BCUT2D eigenvalue weighted by molar-refractivity contribution is 6.68. The first-order valence-electron chi connectivity index (χ1n) is 5.69. The molecule has 98 valence electrons. The van der Waals surface area contributed by atoms with Gasteiger partial charge in [-0.25, -0.2) is 8.78 Å². The Kier molecular flexibility index (Phi) is 4.27. The summed E-state index contributed by atoms with van der Waals surface area (Å²) in [6.45, 7) is -1.37. The van der Waals surface area contributed by atoms with Crippen molar-refractivity contribution in [1.82, 2.24) is 0 Å². The van der Waals surface area contributed by atoms with Crippen LogP contribution in [0.1, 0.15) is 21.5 Å². The van der Waals surface area contributed by atoms with E-state index in [1.54, 1.807) is 36.4 Å². The zero-order valence-electron chi connectivity index (χ0n) is 10.00. The number of alkyl halides is 2. The molecule has 0 aliphatic heterocycles. The van der Waals surface area contributed by atoms with E-state index in [1.165, 1.54) is 6.07 Å². The number of rotatable bonds is 4. The summed E-state index contributed by atoms with van der Waals surface area (Å²) in [5.41, 5.74) is 2.24. The van der Waals surface area contributed by atoms with Crippen LogP contribution in [0.3, 0.4) is 0 Å².